The van der Waals surface area contributed by atoms with Gasteiger partial charge in [-0.1, -0.05) is 0 Å². The highest BCUT2D eigenvalue weighted by atomic mass is 35.5. The summed E-state index contributed by atoms with van der Waals surface area (Å²) in [5.74, 6) is -0.828. The van der Waals surface area contributed by atoms with Crippen LogP contribution < -0.4 is 21.3 Å². The smallest absolute Gasteiger partial charge is 0.239 e. The molecule has 2 amide bonds. The molecule has 0 bridgehead atoms. The van der Waals surface area contributed by atoms with E-state index in [-0.39, 0.29) is 61.6 Å². The summed E-state index contributed by atoms with van der Waals surface area (Å²) in [7, 11) is 0. The Hall–Kier alpha value is -1.57. The minimum atomic E-state index is -0.354. The highest BCUT2D eigenvalue weighted by Crippen LogP contribution is 2.24. The Kier molecular flexibility index (Phi) is 10.4. The summed E-state index contributed by atoms with van der Waals surface area (Å²) in [4.78, 5) is 25.1. The monoisotopic (exact) mass is 394 g/mol. The number of carbonyl (C=O) groups is 2. The second kappa shape index (κ2) is 11.1. The number of anilines is 1. The number of hydrogen-bond donors (Lipinski definition) is 3. The fourth-order valence-electron chi connectivity index (χ4n) is 2.82. The van der Waals surface area contributed by atoms with Crippen molar-refractivity contribution in [2.24, 2.45) is 5.73 Å². The summed E-state index contributed by atoms with van der Waals surface area (Å²) in [6, 6.07) is 4.75. The third-order valence-electron chi connectivity index (χ3n) is 3.92. The molecule has 9 heteroatoms. The first-order chi connectivity index (χ1) is 11.0. The molecule has 6 nitrogen and oxygen atoms in total. The largest absolute Gasteiger partial charge is 0.369 e. The van der Waals surface area contributed by atoms with Crippen molar-refractivity contribution >= 4 is 42.3 Å². The van der Waals surface area contributed by atoms with Gasteiger partial charge in [0.25, 0.3) is 0 Å². The zero-order valence-corrected chi connectivity index (χ0v) is 15.7. The highest BCUT2D eigenvalue weighted by Gasteiger charge is 2.22. The molecule has 1 unspecified atom stereocenters. The first-order valence-corrected chi connectivity index (χ1v) is 7.77. The number of rotatable bonds is 5. The summed E-state index contributed by atoms with van der Waals surface area (Å²) in [5.41, 5.74) is 7.04. The van der Waals surface area contributed by atoms with E-state index < -0.39 is 0 Å². The molecule has 1 fully saturated rings. The Morgan fingerprint density at radius 2 is 2.04 bits per heavy atom. The van der Waals surface area contributed by atoms with Crippen LogP contribution in [0.3, 0.4) is 0 Å². The van der Waals surface area contributed by atoms with Crippen LogP contribution >= 0.6 is 24.8 Å². The van der Waals surface area contributed by atoms with Gasteiger partial charge in [-0.15, -0.1) is 24.8 Å². The molecule has 4 N–H and O–H groups in total. The number of nitrogens with zero attached hydrogens (tertiary/aromatic N) is 1. The lowest BCUT2D eigenvalue weighted by Crippen LogP contribution is -2.50. The van der Waals surface area contributed by atoms with Crippen molar-refractivity contribution in [3.05, 3.63) is 29.6 Å². The van der Waals surface area contributed by atoms with E-state index in [1.54, 1.807) is 6.07 Å². The number of carbonyl (C=O) groups excluding carboxylic acids is 2. The lowest BCUT2D eigenvalue weighted by atomic mass is 10.0. The van der Waals surface area contributed by atoms with Gasteiger partial charge in [0.15, 0.2) is 0 Å². The molecule has 1 aliphatic rings. The zero-order valence-electron chi connectivity index (χ0n) is 14.1. The fourth-order valence-corrected chi connectivity index (χ4v) is 2.82. The van der Waals surface area contributed by atoms with E-state index >= 15 is 0 Å². The first-order valence-electron chi connectivity index (χ1n) is 7.77. The van der Waals surface area contributed by atoms with Crippen LogP contribution in [0.2, 0.25) is 0 Å². The van der Waals surface area contributed by atoms with E-state index in [9.17, 15) is 14.0 Å². The molecule has 0 aromatic heterocycles. The van der Waals surface area contributed by atoms with Crippen LogP contribution in [0.15, 0.2) is 18.2 Å². The lowest BCUT2D eigenvalue weighted by Gasteiger charge is -2.35. The van der Waals surface area contributed by atoms with Crippen molar-refractivity contribution in [2.45, 2.75) is 25.8 Å². The third kappa shape index (κ3) is 7.05. The molecule has 1 aromatic carbocycles. The molecule has 0 saturated carbocycles. The molecular formula is C16H25Cl2FN4O2. The predicted octanol–water partition coefficient (Wildman–Crippen LogP) is 1.14. The van der Waals surface area contributed by atoms with Gasteiger partial charge in [0, 0.05) is 24.8 Å². The van der Waals surface area contributed by atoms with Crippen molar-refractivity contribution in [1.82, 2.24) is 10.6 Å². The van der Waals surface area contributed by atoms with Gasteiger partial charge < -0.3 is 21.3 Å². The summed E-state index contributed by atoms with van der Waals surface area (Å²) in [5, 5.41) is 5.37. The number of hydrogen-bond acceptors (Lipinski definition) is 4. The van der Waals surface area contributed by atoms with Crippen molar-refractivity contribution in [1.29, 1.82) is 0 Å². The summed E-state index contributed by atoms with van der Waals surface area (Å²) >= 11 is 0. The summed E-state index contributed by atoms with van der Waals surface area (Å²) in [6.07, 6.45) is 1.82. The lowest BCUT2D eigenvalue weighted by molar-refractivity contribution is -0.125. The molecule has 1 saturated heterocycles. The molecular weight excluding hydrogens is 370 g/mol. The van der Waals surface area contributed by atoms with E-state index in [1.165, 1.54) is 12.1 Å². The van der Waals surface area contributed by atoms with Gasteiger partial charge in [0.2, 0.25) is 11.8 Å². The van der Waals surface area contributed by atoms with Crippen LogP contribution in [0.4, 0.5) is 10.1 Å². The van der Waals surface area contributed by atoms with E-state index in [0.717, 1.165) is 30.6 Å². The van der Waals surface area contributed by atoms with Gasteiger partial charge in [-0.2, -0.15) is 0 Å². The molecule has 1 aromatic rings. The minimum Gasteiger partial charge on any atom is -0.369 e. The topological polar surface area (TPSA) is 87.5 Å². The average molecular weight is 395 g/mol. The van der Waals surface area contributed by atoms with Crippen LogP contribution in [-0.2, 0) is 9.59 Å². The molecule has 1 heterocycles. The Morgan fingerprint density at radius 3 is 2.68 bits per heavy atom. The van der Waals surface area contributed by atoms with Crippen molar-refractivity contribution in [3.63, 3.8) is 0 Å². The van der Waals surface area contributed by atoms with E-state index in [0.29, 0.717) is 6.54 Å². The Labute approximate surface area is 159 Å². The van der Waals surface area contributed by atoms with Gasteiger partial charge in [0.05, 0.1) is 13.1 Å². The van der Waals surface area contributed by atoms with Crippen LogP contribution in [0.5, 0.6) is 0 Å². The second-order valence-electron chi connectivity index (χ2n) is 5.76. The van der Waals surface area contributed by atoms with Gasteiger partial charge in [0.1, 0.15) is 5.82 Å². The number of amides is 2. The normalized spacial score (nSPS) is 16.3. The van der Waals surface area contributed by atoms with E-state index in [2.05, 4.69) is 15.5 Å². The maximum absolute atomic E-state index is 13.2. The van der Waals surface area contributed by atoms with Gasteiger partial charge >= 0.3 is 0 Å². The molecule has 0 aliphatic carbocycles. The molecule has 2 rings (SSSR count). The van der Waals surface area contributed by atoms with Crippen LogP contribution in [0, 0.1) is 12.7 Å². The van der Waals surface area contributed by atoms with Gasteiger partial charge in [-0.25, -0.2) is 4.39 Å². The quantitative estimate of drug-likeness (QED) is 0.698. The Bertz CT molecular complexity index is 589. The predicted molar refractivity (Wildman–Crippen MR) is 101 cm³/mol. The number of nitrogens with two attached hydrogens (primary N) is 1. The number of aryl methyl sites for hydroxylation is 1. The van der Waals surface area contributed by atoms with Gasteiger partial charge in [-0.05, 0) is 43.5 Å². The van der Waals surface area contributed by atoms with Crippen LogP contribution in [0.25, 0.3) is 0 Å². The number of benzene rings is 1. The zero-order chi connectivity index (χ0) is 16.8. The number of halogens is 3. The number of nitrogens with one attached hydrogen (secondary N) is 2. The standard InChI is InChI=1S/C16H23FN4O2.2ClH/c1-11-7-12(17)4-5-14(11)21-6-2-3-13(10-21)20-16(23)9-19-15(22)8-18;;/h4-5,7,13H,2-3,6,8-10,18H2,1H3,(H,19,22)(H,20,23);2*1H. The minimum absolute atomic E-state index is 0. The molecule has 25 heavy (non-hydrogen) atoms. The average Bonchev–Trinajstić information content (AvgIpc) is 2.52. The Balaban J connectivity index is 0.00000288. The fraction of sp³-hybridized carbons (Fsp3) is 0.500. The van der Waals surface area contributed by atoms with Gasteiger partial charge in [-0.3, -0.25) is 9.59 Å². The van der Waals surface area contributed by atoms with Crippen molar-refractivity contribution < 1.29 is 14.0 Å². The molecule has 1 atom stereocenters. The molecule has 1 aliphatic heterocycles. The molecule has 0 spiro atoms. The van der Waals surface area contributed by atoms with E-state index in [4.69, 9.17) is 5.73 Å². The van der Waals surface area contributed by atoms with Crippen LogP contribution in [0.1, 0.15) is 18.4 Å². The maximum atomic E-state index is 13.2. The Morgan fingerprint density at radius 1 is 1.32 bits per heavy atom. The first kappa shape index (κ1) is 23.4. The SMILES string of the molecule is Cc1cc(F)ccc1N1CCCC(NC(=O)CNC(=O)CN)C1.Cl.Cl. The van der Waals surface area contributed by atoms with Crippen molar-refractivity contribution in [2.75, 3.05) is 31.1 Å². The van der Waals surface area contributed by atoms with Crippen molar-refractivity contribution in [3.8, 4) is 0 Å². The summed E-state index contributed by atoms with van der Waals surface area (Å²) < 4.78 is 13.2. The molecule has 142 valence electrons. The second-order valence-corrected chi connectivity index (χ2v) is 5.76. The van der Waals surface area contributed by atoms with E-state index in [1.807, 2.05) is 6.92 Å². The van der Waals surface area contributed by atoms with Crippen LogP contribution in [-0.4, -0.2) is 44.0 Å². The summed E-state index contributed by atoms with van der Waals surface area (Å²) in [6.45, 7) is 3.23. The number of piperidine rings is 1. The molecule has 0 radical (unpaired) electrons. The third-order valence-corrected chi connectivity index (χ3v) is 3.92. The highest BCUT2D eigenvalue weighted by molar-refractivity contribution is 5.86. The maximum Gasteiger partial charge on any atom is 0.239 e.